The average molecular weight is 406 g/mol. The zero-order valence-electron chi connectivity index (χ0n) is 17.4. The molecule has 0 aliphatic heterocycles. The third kappa shape index (κ3) is 3.40. The lowest BCUT2D eigenvalue weighted by Gasteiger charge is -2.15. The Kier molecular flexibility index (Phi) is 5.20. The first-order valence-electron chi connectivity index (χ1n) is 10.3. The maximum Gasteiger partial charge on any atom is 0.289 e. The first-order valence-corrected chi connectivity index (χ1v) is 10.3. The van der Waals surface area contributed by atoms with Gasteiger partial charge in [0.2, 0.25) is 5.82 Å². The number of phenols is 2. The van der Waals surface area contributed by atoms with Crippen molar-refractivity contribution in [1.82, 2.24) is 20.1 Å². The van der Waals surface area contributed by atoms with E-state index in [1.54, 1.807) is 10.6 Å². The van der Waals surface area contributed by atoms with Crippen molar-refractivity contribution in [2.45, 2.75) is 46.0 Å². The van der Waals surface area contributed by atoms with Crippen LogP contribution in [0.15, 0.2) is 30.3 Å². The van der Waals surface area contributed by atoms with Gasteiger partial charge in [-0.1, -0.05) is 19.9 Å². The Hall–Kier alpha value is -3.35. The molecule has 30 heavy (non-hydrogen) atoms. The number of carbonyl (C=O) groups is 1. The second-order valence-corrected chi connectivity index (χ2v) is 7.93. The number of nitrogens with one attached hydrogen (secondary N) is 1. The summed E-state index contributed by atoms with van der Waals surface area (Å²) in [4.78, 5) is 12.7. The Bertz CT molecular complexity index is 1120. The summed E-state index contributed by atoms with van der Waals surface area (Å²) in [6.07, 6.45) is 3.18. The van der Waals surface area contributed by atoms with Crippen molar-refractivity contribution in [3.63, 3.8) is 0 Å². The van der Waals surface area contributed by atoms with Gasteiger partial charge in [0.25, 0.3) is 5.91 Å². The summed E-state index contributed by atoms with van der Waals surface area (Å²) in [5, 5.41) is 32.0. The van der Waals surface area contributed by atoms with Crippen LogP contribution >= 0.6 is 0 Å². The first kappa shape index (κ1) is 19.9. The maximum atomic E-state index is 12.7. The Morgan fingerprint density at radius 3 is 2.60 bits per heavy atom. The number of fused-ring (bicyclic) bond motifs is 1. The van der Waals surface area contributed by atoms with Crippen molar-refractivity contribution in [3.8, 4) is 28.6 Å². The molecule has 0 unspecified atom stereocenters. The summed E-state index contributed by atoms with van der Waals surface area (Å²) in [6, 6.07) is 9.14. The summed E-state index contributed by atoms with van der Waals surface area (Å²) in [6.45, 7) is 6.23. The van der Waals surface area contributed by atoms with Gasteiger partial charge in [0.1, 0.15) is 11.5 Å². The minimum Gasteiger partial charge on any atom is -0.508 e. The number of phenolic OH excluding ortho intramolecular Hbond substituents is 2. The van der Waals surface area contributed by atoms with Crippen molar-refractivity contribution >= 4 is 5.91 Å². The number of rotatable bonds is 5. The molecule has 0 saturated heterocycles. The molecule has 2 aromatic carbocycles. The number of hydrogen-bond acceptors (Lipinski definition) is 5. The lowest BCUT2D eigenvalue weighted by atomic mass is 9.98. The van der Waals surface area contributed by atoms with E-state index in [1.165, 1.54) is 17.2 Å². The van der Waals surface area contributed by atoms with Crippen molar-refractivity contribution in [3.05, 3.63) is 52.8 Å². The van der Waals surface area contributed by atoms with Gasteiger partial charge in [0.05, 0.1) is 5.56 Å². The molecule has 1 amide bonds. The van der Waals surface area contributed by atoms with Crippen LogP contribution in [0.1, 0.15) is 60.4 Å². The van der Waals surface area contributed by atoms with E-state index in [0.29, 0.717) is 23.5 Å². The molecule has 3 aromatic rings. The van der Waals surface area contributed by atoms with Crippen LogP contribution in [0.5, 0.6) is 11.5 Å². The first-order chi connectivity index (χ1) is 14.4. The fourth-order valence-electron chi connectivity index (χ4n) is 4.02. The molecule has 0 fully saturated rings. The van der Waals surface area contributed by atoms with Gasteiger partial charge < -0.3 is 15.5 Å². The van der Waals surface area contributed by atoms with Crippen molar-refractivity contribution in [2.75, 3.05) is 6.54 Å². The topological polar surface area (TPSA) is 100 Å². The summed E-state index contributed by atoms with van der Waals surface area (Å²) in [7, 11) is 0. The molecule has 7 nitrogen and oxygen atoms in total. The van der Waals surface area contributed by atoms with Crippen LogP contribution in [0.4, 0.5) is 0 Å². The van der Waals surface area contributed by atoms with E-state index in [2.05, 4.69) is 27.6 Å². The number of carbonyl (C=O) groups excluding carboxylic acids is 1. The predicted molar refractivity (Wildman–Crippen MR) is 114 cm³/mol. The smallest absolute Gasteiger partial charge is 0.289 e. The van der Waals surface area contributed by atoms with E-state index in [-0.39, 0.29) is 29.1 Å². The molecule has 4 rings (SSSR count). The molecule has 1 heterocycles. The minimum absolute atomic E-state index is 0.0267. The zero-order chi connectivity index (χ0) is 21.4. The van der Waals surface area contributed by atoms with Crippen LogP contribution < -0.4 is 5.32 Å². The second kappa shape index (κ2) is 7.82. The summed E-state index contributed by atoms with van der Waals surface area (Å²) in [5.41, 5.74) is 4.45. The molecule has 3 N–H and O–H groups in total. The molecule has 0 saturated carbocycles. The number of nitrogens with zero attached hydrogens (tertiary/aromatic N) is 3. The lowest BCUT2D eigenvalue weighted by Crippen LogP contribution is -2.26. The van der Waals surface area contributed by atoms with Gasteiger partial charge in [-0.2, -0.15) is 0 Å². The normalized spacial score (nSPS) is 12.9. The molecule has 1 aliphatic carbocycles. The lowest BCUT2D eigenvalue weighted by molar-refractivity contribution is 0.0943. The zero-order valence-corrected chi connectivity index (χ0v) is 17.4. The number of benzene rings is 2. The third-order valence-electron chi connectivity index (χ3n) is 5.55. The van der Waals surface area contributed by atoms with Crippen LogP contribution in [-0.4, -0.2) is 37.4 Å². The number of aryl methyl sites for hydroxylation is 2. The highest BCUT2D eigenvalue weighted by molar-refractivity contribution is 5.92. The van der Waals surface area contributed by atoms with Crippen molar-refractivity contribution in [2.24, 2.45) is 0 Å². The molecule has 0 atom stereocenters. The molecule has 0 spiro atoms. The Balaban J connectivity index is 1.94. The van der Waals surface area contributed by atoms with Gasteiger partial charge in [-0.3, -0.25) is 9.36 Å². The minimum atomic E-state index is -0.334. The average Bonchev–Trinajstić information content (AvgIpc) is 3.34. The highest BCUT2D eigenvalue weighted by Crippen LogP contribution is 2.38. The monoisotopic (exact) mass is 406 g/mol. The number of aromatic nitrogens is 3. The van der Waals surface area contributed by atoms with Crippen molar-refractivity contribution in [1.29, 1.82) is 0 Å². The molecule has 1 aromatic heterocycles. The van der Waals surface area contributed by atoms with Crippen LogP contribution in [0, 0.1) is 0 Å². The molecule has 0 bridgehead atoms. The van der Waals surface area contributed by atoms with E-state index < -0.39 is 0 Å². The summed E-state index contributed by atoms with van der Waals surface area (Å²) in [5.74, 6) is 0.132. The van der Waals surface area contributed by atoms with E-state index >= 15 is 0 Å². The van der Waals surface area contributed by atoms with Gasteiger partial charge in [-0.15, -0.1) is 10.2 Å². The van der Waals surface area contributed by atoms with Gasteiger partial charge in [0, 0.05) is 18.3 Å². The van der Waals surface area contributed by atoms with Crippen LogP contribution in [0.25, 0.3) is 17.1 Å². The van der Waals surface area contributed by atoms with E-state index in [0.717, 1.165) is 24.9 Å². The quantitative estimate of drug-likeness (QED) is 0.600. The Labute approximate surface area is 175 Å². The molecular weight excluding hydrogens is 380 g/mol. The molecule has 1 aliphatic rings. The van der Waals surface area contributed by atoms with Gasteiger partial charge >= 0.3 is 0 Å². The second-order valence-electron chi connectivity index (χ2n) is 7.93. The highest BCUT2D eigenvalue weighted by atomic mass is 16.3. The van der Waals surface area contributed by atoms with Crippen LogP contribution in [0.3, 0.4) is 0 Å². The van der Waals surface area contributed by atoms with E-state index in [9.17, 15) is 15.0 Å². The number of hydrogen-bond donors (Lipinski definition) is 3. The van der Waals surface area contributed by atoms with E-state index in [4.69, 9.17) is 0 Å². The Morgan fingerprint density at radius 1 is 1.10 bits per heavy atom. The summed E-state index contributed by atoms with van der Waals surface area (Å²) < 4.78 is 1.68. The van der Waals surface area contributed by atoms with Crippen molar-refractivity contribution < 1.29 is 15.0 Å². The molecule has 156 valence electrons. The Morgan fingerprint density at radius 2 is 1.87 bits per heavy atom. The fraction of sp³-hybridized carbons (Fsp3) is 0.348. The number of amides is 1. The highest BCUT2D eigenvalue weighted by Gasteiger charge is 2.25. The van der Waals surface area contributed by atoms with Crippen LogP contribution in [0.2, 0.25) is 0 Å². The van der Waals surface area contributed by atoms with E-state index in [1.807, 2.05) is 26.8 Å². The fourth-order valence-corrected chi connectivity index (χ4v) is 4.02. The standard InChI is InChI=1S/C23H26N4O3/c1-4-24-23(30)22-26-25-21(18-11-17(13(2)3)19(28)12-20(18)29)27(22)16-9-8-14-6-5-7-15(14)10-16/h8-13,28-29H,4-7H2,1-3H3,(H,24,30). The largest absolute Gasteiger partial charge is 0.508 e. The number of aromatic hydroxyl groups is 2. The summed E-state index contributed by atoms with van der Waals surface area (Å²) >= 11 is 0. The SMILES string of the molecule is CCNC(=O)c1nnc(-c2cc(C(C)C)c(O)cc2O)n1-c1ccc2c(c1)CCC2. The van der Waals surface area contributed by atoms with Gasteiger partial charge in [-0.05, 0) is 67.0 Å². The molecular formula is C23H26N4O3. The van der Waals surface area contributed by atoms with Gasteiger partial charge in [0.15, 0.2) is 5.82 Å². The molecule has 0 radical (unpaired) electrons. The maximum absolute atomic E-state index is 12.7. The third-order valence-corrected chi connectivity index (χ3v) is 5.55. The molecule has 7 heteroatoms. The predicted octanol–water partition coefficient (Wildman–Crippen LogP) is 3.71. The van der Waals surface area contributed by atoms with Crippen LogP contribution in [-0.2, 0) is 12.8 Å². The van der Waals surface area contributed by atoms with Gasteiger partial charge in [-0.25, -0.2) is 0 Å².